The zero-order valence-corrected chi connectivity index (χ0v) is 14.8. The van der Waals surface area contributed by atoms with Crippen LogP contribution < -0.4 is 14.8 Å². The molecule has 0 radical (unpaired) electrons. The van der Waals surface area contributed by atoms with Crippen molar-refractivity contribution >= 4 is 5.91 Å². The minimum absolute atomic E-state index is 0.0542. The largest absolute Gasteiger partial charge is 0.486 e. The summed E-state index contributed by atoms with van der Waals surface area (Å²) < 4.78 is 24.3. The maximum Gasteiger partial charge on any atom is 0.234 e. The summed E-state index contributed by atoms with van der Waals surface area (Å²) in [7, 11) is 1.84. The fourth-order valence-electron chi connectivity index (χ4n) is 2.89. The number of likely N-dealkylation sites (N-methyl/N-ethyl adjacent to an activating group) is 1. The summed E-state index contributed by atoms with van der Waals surface area (Å²) in [6.07, 6.45) is 0.718. The van der Waals surface area contributed by atoms with E-state index >= 15 is 0 Å². The zero-order valence-electron chi connectivity index (χ0n) is 14.8. The minimum atomic E-state index is -0.264. The van der Waals surface area contributed by atoms with E-state index in [1.807, 2.05) is 36.2 Å². The van der Waals surface area contributed by atoms with Crippen molar-refractivity contribution in [2.45, 2.75) is 13.0 Å². The number of rotatable bonds is 7. The smallest absolute Gasteiger partial charge is 0.234 e. The lowest BCUT2D eigenvalue weighted by Gasteiger charge is -2.19. The van der Waals surface area contributed by atoms with Crippen LogP contribution in [0.2, 0.25) is 0 Å². The van der Waals surface area contributed by atoms with Crippen LogP contribution >= 0.6 is 0 Å². The molecule has 0 fully saturated rings. The summed E-state index contributed by atoms with van der Waals surface area (Å²) in [5.41, 5.74) is 1.93. The van der Waals surface area contributed by atoms with Crippen molar-refractivity contribution in [2.24, 2.45) is 0 Å². The van der Waals surface area contributed by atoms with Crippen LogP contribution in [0.1, 0.15) is 11.1 Å². The van der Waals surface area contributed by atoms with E-state index in [-0.39, 0.29) is 18.3 Å². The lowest BCUT2D eigenvalue weighted by molar-refractivity contribution is -0.122. The van der Waals surface area contributed by atoms with Crippen molar-refractivity contribution in [1.29, 1.82) is 0 Å². The number of ether oxygens (including phenoxy) is 2. The van der Waals surface area contributed by atoms with Crippen molar-refractivity contribution in [1.82, 2.24) is 10.2 Å². The van der Waals surface area contributed by atoms with Gasteiger partial charge in [0, 0.05) is 13.1 Å². The fourth-order valence-corrected chi connectivity index (χ4v) is 2.89. The second-order valence-corrected chi connectivity index (χ2v) is 6.38. The standard InChI is InChI=1S/C20H23FN2O3/c1-23(13-16-3-2-4-17(21)11-16)14-20(24)22-8-7-15-5-6-18-19(12-15)26-10-9-25-18/h2-6,11-12H,7-10,13-14H2,1H3,(H,22,24). The molecule has 3 rings (SSSR count). The number of carbonyl (C=O) groups is 1. The van der Waals surface area contributed by atoms with Crippen molar-refractivity contribution < 1.29 is 18.7 Å². The molecular formula is C20H23FN2O3. The van der Waals surface area contributed by atoms with Gasteiger partial charge in [-0.2, -0.15) is 0 Å². The van der Waals surface area contributed by atoms with Gasteiger partial charge in [-0.05, 0) is 48.9 Å². The predicted octanol–water partition coefficient (Wildman–Crippen LogP) is 2.39. The molecule has 1 heterocycles. The normalized spacial score (nSPS) is 12.9. The Kier molecular flexibility index (Phi) is 6.07. The molecule has 1 amide bonds. The number of nitrogens with one attached hydrogen (secondary N) is 1. The van der Waals surface area contributed by atoms with Crippen LogP contribution in [0.15, 0.2) is 42.5 Å². The Morgan fingerprint density at radius 1 is 1.12 bits per heavy atom. The van der Waals surface area contributed by atoms with E-state index in [2.05, 4.69) is 5.32 Å². The van der Waals surface area contributed by atoms with Gasteiger partial charge in [-0.1, -0.05) is 18.2 Å². The number of fused-ring (bicyclic) bond motifs is 1. The highest BCUT2D eigenvalue weighted by Gasteiger charge is 2.12. The maximum absolute atomic E-state index is 13.2. The molecule has 0 atom stereocenters. The van der Waals surface area contributed by atoms with E-state index in [1.165, 1.54) is 12.1 Å². The van der Waals surface area contributed by atoms with Crippen LogP contribution in [0.5, 0.6) is 11.5 Å². The van der Waals surface area contributed by atoms with Gasteiger partial charge in [-0.3, -0.25) is 9.69 Å². The number of hydrogen-bond acceptors (Lipinski definition) is 4. The van der Waals surface area contributed by atoms with Gasteiger partial charge >= 0.3 is 0 Å². The average Bonchev–Trinajstić information content (AvgIpc) is 2.61. The number of hydrogen-bond donors (Lipinski definition) is 1. The van der Waals surface area contributed by atoms with Gasteiger partial charge in [-0.25, -0.2) is 4.39 Å². The molecule has 5 nitrogen and oxygen atoms in total. The van der Waals surface area contributed by atoms with Crippen LogP contribution in [0.3, 0.4) is 0 Å². The third kappa shape index (κ3) is 5.20. The number of benzene rings is 2. The first-order valence-electron chi connectivity index (χ1n) is 8.68. The van der Waals surface area contributed by atoms with Crippen molar-refractivity contribution in [3.05, 3.63) is 59.4 Å². The maximum atomic E-state index is 13.2. The van der Waals surface area contributed by atoms with Crippen LogP contribution in [0.4, 0.5) is 4.39 Å². The lowest BCUT2D eigenvalue weighted by atomic mass is 10.1. The number of nitrogens with zero attached hydrogens (tertiary/aromatic N) is 1. The van der Waals surface area contributed by atoms with Crippen molar-refractivity contribution in [3.8, 4) is 11.5 Å². The molecule has 26 heavy (non-hydrogen) atoms. The van der Waals surface area contributed by atoms with Crippen molar-refractivity contribution in [2.75, 3.05) is 33.4 Å². The molecule has 1 aliphatic rings. The molecule has 2 aromatic rings. The van der Waals surface area contributed by atoms with E-state index in [4.69, 9.17) is 9.47 Å². The second kappa shape index (κ2) is 8.67. The molecule has 0 bridgehead atoms. The topological polar surface area (TPSA) is 50.8 Å². The van der Waals surface area contributed by atoms with Gasteiger partial charge in [0.25, 0.3) is 0 Å². The third-order valence-electron chi connectivity index (χ3n) is 4.10. The second-order valence-electron chi connectivity index (χ2n) is 6.38. The molecule has 1 aliphatic heterocycles. The molecule has 1 N–H and O–H groups in total. The quantitative estimate of drug-likeness (QED) is 0.826. The highest BCUT2D eigenvalue weighted by Crippen LogP contribution is 2.30. The van der Waals surface area contributed by atoms with Crippen molar-refractivity contribution in [3.63, 3.8) is 0 Å². The minimum Gasteiger partial charge on any atom is -0.486 e. The molecular weight excluding hydrogens is 335 g/mol. The van der Waals surface area contributed by atoms with Crippen LogP contribution in [0.25, 0.3) is 0 Å². The first-order valence-corrected chi connectivity index (χ1v) is 8.68. The Labute approximate surface area is 152 Å². The Morgan fingerprint density at radius 3 is 2.73 bits per heavy atom. The summed E-state index contributed by atoms with van der Waals surface area (Å²) in [5.74, 6) is 1.21. The average molecular weight is 358 g/mol. The molecule has 0 unspecified atom stereocenters. The Bertz CT molecular complexity index is 766. The SMILES string of the molecule is CN(CC(=O)NCCc1ccc2c(c1)OCCO2)Cc1cccc(F)c1. The third-order valence-corrected chi connectivity index (χ3v) is 4.10. The molecule has 0 aliphatic carbocycles. The number of carbonyl (C=O) groups excluding carboxylic acids is 1. The summed E-state index contributed by atoms with van der Waals surface area (Å²) in [4.78, 5) is 13.9. The van der Waals surface area contributed by atoms with Gasteiger partial charge in [0.15, 0.2) is 11.5 Å². The van der Waals surface area contributed by atoms with E-state index in [1.54, 1.807) is 6.07 Å². The Hall–Kier alpha value is -2.60. The summed E-state index contributed by atoms with van der Waals surface area (Å²) in [6.45, 7) is 2.47. The summed E-state index contributed by atoms with van der Waals surface area (Å²) in [6, 6.07) is 12.3. The molecule has 138 valence electrons. The molecule has 0 spiro atoms. The summed E-state index contributed by atoms with van der Waals surface area (Å²) in [5, 5.41) is 2.91. The first-order chi connectivity index (χ1) is 12.6. The highest BCUT2D eigenvalue weighted by atomic mass is 19.1. The zero-order chi connectivity index (χ0) is 18.4. The molecule has 0 saturated carbocycles. The van der Waals surface area contributed by atoms with Gasteiger partial charge in [-0.15, -0.1) is 0 Å². The number of amides is 1. The summed E-state index contributed by atoms with van der Waals surface area (Å²) >= 11 is 0. The first kappa shape index (κ1) is 18.2. The molecule has 0 aromatic heterocycles. The van der Waals surface area contributed by atoms with E-state index < -0.39 is 0 Å². The van der Waals surface area contributed by atoms with Gasteiger partial charge < -0.3 is 14.8 Å². The van der Waals surface area contributed by atoms with Gasteiger partial charge in [0.2, 0.25) is 5.91 Å². The van der Waals surface area contributed by atoms with Gasteiger partial charge in [0.05, 0.1) is 6.54 Å². The molecule has 0 saturated heterocycles. The van der Waals surface area contributed by atoms with E-state index in [0.717, 1.165) is 29.0 Å². The van der Waals surface area contributed by atoms with Crippen LogP contribution in [-0.2, 0) is 17.8 Å². The van der Waals surface area contributed by atoms with Crippen LogP contribution in [-0.4, -0.2) is 44.2 Å². The number of halogens is 1. The van der Waals surface area contributed by atoms with E-state index in [0.29, 0.717) is 26.3 Å². The molecule has 2 aromatic carbocycles. The molecule has 6 heteroatoms. The van der Waals surface area contributed by atoms with Gasteiger partial charge in [0.1, 0.15) is 19.0 Å². The highest BCUT2D eigenvalue weighted by molar-refractivity contribution is 5.77. The Balaban J connectivity index is 1.41. The Morgan fingerprint density at radius 2 is 1.92 bits per heavy atom. The van der Waals surface area contributed by atoms with Crippen LogP contribution in [0, 0.1) is 5.82 Å². The lowest BCUT2D eigenvalue weighted by Crippen LogP contribution is -2.35. The predicted molar refractivity (Wildman–Crippen MR) is 96.9 cm³/mol. The fraction of sp³-hybridized carbons (Fsp3) is 0.350. The van der Waals surface area contributed by atoms with E-state index in [9.17, 15) is 9.18 Å². The monoisotopic (exact) mass is 358 g/mol.